The average molecular weight is 410 g/mol. The average Bonchev–Trinajstić information content (AvgIpc) is 3.53. The van der Waals surface area contributed by atoms with Crippen LogP contribution in [0, 0.1) is 17.7 Å². The van der Waals surface area contributed by atoms with Gasteiger partial charge in [-0.2, -0.15) is 0 Å². The second kappa shape index (κ2) is 7.65. The van der Waals surface area contributed by atoms with Gasteiger partial charge in [0.1, 0.15) is 11.6 Å². The molecule has 1 N–H and O–H groups in total. The van der Waals surface area contributed by atoms with E-state index in [0.717, 1.165) is 37.2 Å². The van der Waals surface area contributed by atoms with Crippen molar-refractivity contribution in [2.24, 2.45) is 11.8 Å². The van der Waals surface area contributed by atoms with Gasteiger partial charge in [-0.15, -0.1) is 0 Å². The van der Waals surface area contributed by atoms with E-state index in [1.54, 1.807) is 0 Å². The minimum atomic E-state index is -3.71. The molecule has 0 spiro atoms. The Morgan fingerprint density at radius 1 is 1.11 bits per heavy atom. The minimum Gasteiger partial charge on any atom is -0.493 e. The van der Waals surface area contributed by atoms with Crippen LogP contribution in [0.3, 0.4) is 0 Å². The van der Waals surface area contributed by atoms with Crippen molar-refractivity contribution in [3.05, 3.63) is 29.1 Å². The smallest absolute Gasteiger partial charge is 0.267 e. The van der Waals surface area contributed by atoms with E-state index < -0.39 is 27.0 Å². The molecular formula is C21H28FNO4S. The van der Waals surface area contributed by atoms with Crippen LogP contribution in [0.4, 0.5) is 4.39 Å². The van der Waals surface area contributed by atoms with Gasteiger partial charge in [-0.1, -0.05) is 19.8 Å². The summed E-state index contributed by atoms with van der Waals surface area (Å²) in [5.74, 6) is 0.381. The molecule has 0 aliphatic heterocycles. The summed E-state index contributed by atoms with van der Waals surface area (Å²) in [7, 11) is -3.71. The van der Waals surface area contributed by atoms with Gasteiger partial charge in [-0.3, -0.25) is 4.79 Å². The van der Waals surface area contributed by atoms with Crippen molar-refractivity contribution in [2.75, 3.05) is 6.61 Å². The molecule has 0 saturated heterocycles. The van der Waals surface area contributed by atoms with Crippen LogP contribution in [0.1, 0.15) is 80.1 Å². The highest BCUT2D eigenvalue weighted by Crippen LogP contribution is 2.45. The molecule has 1 aromatic carbocycles. The molecule has 7 heteroatoms. The third-order valence-corrected chi connectivity index (χ3v) is 7.99. The maximum Gasteiger partial charge on any atom is 0.267 e. The molecule has 0 bridgehead atoms. The molecule has 1 amide bonds. The second-order valence-corrected chi connectivity index (χ2v) is 10.7. The standard InChI is InChI=1S/C21H28FNO4S/c1-13-2-4-14(5-3-13)12-27-20-11-19(22)18(10-17(20)15-6-7-15)21(24)23-28(25,26)16-8-9-16/h10-11,13-16H,2-9,12H2,1H3,(H,23,24)/t13-,14-. The van der Waals surface area contributed by atoms with Crippen LogP contribution >= 0.6 is 0 Å². The van der Waals surface area contributed by atoms with Crippen molar-refractivity contribution in [3.63, 3.8) is 0 Å². The zero-order chi connectivity index (χ0) is 19.9. The largest absolute Gasteiger partial charge is 0.493 e. The molecule has 3 fully saturated rings. The molecule has 0 atom stereocenters. The maximum atomic E-state index is 14.6. The van der Waals surface area contributed by atoms with Gasteiger partial charge in [0.05, 0.1) is 17.4 Å². The van der Waals surface area contributed by atoms with Crippen molar-refractivity contribution in [3.8, 4) is 5.75 Å². The molecule has 5 nitrogen and oxygen atoms in total. The lowest BCUT2D eigenvalue weighted by molar-refractivity contribution is 0.0977. The Morgan fingerprint density at radius 3 is 2.39 bits per heavy atom. The second-order valence-electron chi connectivity index (χ2n) is 8.76. The van der Waals surface area contributed by atoms with Crippen molar-refractivity contribution >= 4 is 15.9 Å². The van der Waals surface area contributed by atoms with Crippen LogP contribution in [-0.4, -0.2) is 26.2 Å². The van der Waals surface area contributed by atoms with Crippen LogP contribution < -0.4 is 9.46 Å². The molecule has 154 valence electrons. The molecule has 4 rings (SSSR count). The van der Waals surface area contributed by atoms with E-state index in [1.807, 2.05) is 4.72 Å². The number of hydrogen-bond donors (Lipinski definition) is 1. The topological polar surface area (TPSA) is 72.5 Å². The highest BCUT2D eigenvalue weighted by Gasteiger charge is 2.38. The number of hydrogen-bond acceptors (Lipinski definition) is 4. The van der Waals surface area contributed by atoms with Crippen molar-refractivity contribution in [1.29, 1.82) is 0 Å². The third kappa shape index (κ3) is 4.50. The molecular weight excluding hydrogens is 381 g/mol. The molecule has 0 radical (unpaired) electrons. The first-order valence-corrected chi connectivity index (χ1v) is 11.9. The lowest BCUT2D eigenvalue weighted by Gasteiger charge is -2.26. The summed E-state index contributed by atoms with van der Waals surface area (Å²) in [5.41, 5.74) is 0.601. The fourth-order valence-corrected chi connectivity index (χ4v) is 5.23. The Bertz CT molecular complexity index is 853. The Hall–Kier alpha value is -1.63. The first kappa shape index (κ1) is 19.7. The molecule has 3 saturated carbocycles. The van der Waals surface area contributed by atoms with E-state index in [0.29, 0.717) is 31.1 Å². The molecule has 3 aliphatic carbocycles. The lowest BCUT2D eigenvalue weighted by atomic mass is 9.83. The van der Waals surface area contributed by atoms with Crippen LogP contribution in [0.25, 0.3) is 0 Å². The number of halogens is 1. The maximum absolute atomic E-state index is 14.6. The Kier molecular flexibility index (Phi) is 5.38. The van der Waals surface area contributed by atoms with E-state index >= 15 is 0 Å². The van der Waals surface area contributed by atoms with E-state index in [4.69, 9.17) is 4.74 Å². The Balaban J connectivity index is 1.49. The number of rotatable bonds is 7. The summed E-state index contributed by atoms with van der Waals surface area (Å²) < 4.78 is 46.7. The Labute approximate surface area is 166 Å². The first-order chi connectivity index (χ1) is 13.3. The summed E-state index contributed by atoms with van der Waals surface area (Å²) in [6.45, 7) is 2.83. The van der Waals surface area contributed by atoms with Gasteiger partial charge in [-0.25, -0.2) is 17.5 Å². The summed E-state index contributed by atoms with van der Waals surface area (Å²) in [5, 5.41) is -0.525. The zero-order valence-electron chi connectivity index (χ0n) is 16.2. The van der Waals surface area contributed by atoms with E-state index in [-0.39, 0.29) is 11.5 Å². The molecule has 0 unspecified atom stereocenters. The van der Waals surface area contributed by atoms with Gasteiger partial charge in [0.2, 0.25) is 10.0 Å². The van der Waals surface area contributed by atoms with Crippen LogP contribution in [0.2, 0.25) is 0 Å². The molecule has 0 aromatic heterocycles. The summed E-state index contributed by atoms with van der Waals surface area (Å²) in [6.07, 6.45) is 7.70. The van der Waals surface area contributed by atoms with Gasteiger partial charge in [0.25, 0.3) is 5.91 Å². The number of carbonyl (C=O) groups excluding carboxylic acids is 1. The number of amides is 1. The quantitative estimate of drug-likeness (QED) is 0.735. The van der Waals surface area contributed by atoms with Crippen molar-refractivity contribution < 1.29 is 22.3 Å². The predicted molar refractivity (Wildman–Crippen MR) is 104 cm³/mol. The number of sulfonamides is 1. The highest BCUT2D eigenvalue weighted by atomic mass is 32.2. The van der Waals surface area contributed by atoms with Crippen LogP contribution in [-0.2, 0) is 10.0 Å². The number of benzene rings is 1. The first-order valence-electron chi connectivity index (χ1n) is 10.4. The summed E-state index contributed by atoms with van der Waals surface area (Å²) in [6, 6.07) is 2.75. The van der Waals surface area contributed by atoms with Gasteiger partial charge < -0.3 is 4.74 Å². The number of carbonyl (C=O) groups is 1. The number of nitrogens with one attached hydrogen (secondary N) is 1. The zero-order valence-corrected chi connectivity index (χ0v) is 17.1. The summed E-state index contributed by atoms with van der Waals surface area (Å²) >= 11 is 0. The molecule has 28 heavy (non-hydrogen) atoms. The van der Waals surface area contributed by atoms with Crippen LogP contribution in [0.15, 0.2) is 12.1 Å². The van der Waals surface area contributed by atoms with E-state index in [1.165, 1.54) is 25.0 Å². The summed E-state index contributed by atoms with van der Waals surface area (Å²) in [4.78, 5) is 12.4. The van der Waals surface area contributed by atoms with Gasteiger partial charge >= 0.3 is 0 Å². The molecule has 1 aromatic rings. The van der Waals surface area contributed by atoms with Gasteiger partial charge in [-0.05, 0) is 67.9 Å². The third-order valence-electron chi connectivity index (χ3n) is 6.17. The normalized spacial score (nSPS) is 25.4. The fourth-order valence-electron chi connectivity index (χ4n) is 3.93. The van der Waals surface area contributed by atoms with E-state index in [9.17, 15) is 17.6 Å². The SMILES string of the molecule is C[C@H]1CC[C@H](COc2cc(F)c(C(=O)NS(=O)(=O)C3CC3)cc2C2CC2)CC1. The molecule has 3 aliphatic rings. The highest BCUT2D eigenvalue weighted by molar-refractivity contribution is 7.91. The Morgan fingerprint density at radius 2 is 1.79 bits per heavy atom. The van der Waals surface area contributed by atoms with Gasteiger partial charge in [0.15, 0.2) is 0 Å². The van der Waals surface area contributed by atoms with Crippen molar-refractivity contribution in [1.82, 2.24) is 4.72 Å². The van der Waals surface area contributed by atoms with Gasteiger partial charge in [0, 0.05) is 6.07 Å². The minimum absolute atomic E-state index is 0.218. The number of ether oxygens (including phenoxy) is 1. The van der Waals surface area contributed by atoms with Crippen molar-refractivity contribution in [2.45, 2.75) is 69.5 Å². The van der Waals surface area contributed by atoms with E-state index in [2.05, 4.69) is 6.92 Å². The predicted octanol–water partition coefficient (Wildman–Crippen LogP) is 4.13. The fraction of sp³-hybridized carbons (Fsp3) is 0.667. The molecule has 0 heterocycles. The monoisotopic (exact) mass is 409 g/mol. The lowest BCUT2D eigenvalue weighted by Crippen LogP contribution is -2.33. The van der Waals surface area contributed by atoms with Crippen LogP contribution in [0.5, 0.6) is 5.75 Å².